The zero-order valence-electron chi connectivity index (χ0n) is 19.6. The first-order chi connectivity index (χ1) is 16.9. The average Bonchev–Trinajstić information content (AvgIpc) is 3.13. The van der Waals surface area contributed by atoms with Gasteiger partial charge in [-0.25, -0.2) is 4.79 Å². The van der Waals surface area contributed by atoms with E-state index < -0.39 is 12.6 Å². The Hall–Kier alpha value is -4.26. The molecule has 3 aromatic carbocycles. The van der Waals surface area contributed by atoms with Crippen LogP contribution in [-0.2, 0) is 17.7 Å². The van der Waals surface area contributed by atoms with E-state index in [0.717, 1.165) is 16.9 Å². The third kappa shape index (κ3) is 4.99. The van der Waals surface area contributed by atoms with Gasteiger partial charge in [-0.1, -0.05) is 49.4 Å². The number of carbonyl (C=O) groups is 4. The maximum Gasteiger partial charge on any atom is 0.342 e. The lowest BCUT2D eigenvalue weighted by molar-refractivity contribution is 0.0470. The topological polar surface area (TPSA) is 90.0 Å². The van der Waals surface area contributed by atoms with Crippen LogP contribution in [0.15, 0.2) is 66.7 Å². The van der Waals surface area contributed by atoms with E-state index >= 15 is 0 Å². The van der Waals surface area contributed by atoms with Crippen molar-refractivity contribution in [3.63, 3.8) is 0 Å². The van der Waals surface area contributed by atoms with Gasteiger partial charge in [0.2, 0.25) is 0 Å². The van der Waals surface area contributed by atoms with Crippen LogP contribution >= 0.6 is 0 Å². The van der Waals surface area contributed by atoms with Crippen LogP contribution in [0.5, 0.6) is 5.75 Å². The molecule has 0 unspecified atom stereocenters. The lowest BCUT2D eigenvalue weighted by Gasteiger charge is -2.16. The van der Waals surface area contributed by atoms with E-state index in [-0.39, 0.29) is 29.7 Å². The van der Waals surface area contributed by atoms with E-state index in [4.69, 9.17) is 9.47 Å². The number of hydrogen-bond donors (Lipinski definition) is 0. The largest absolute Gasteiger partial charge is 0.493 e. The van der Waals surface area contributed by atoms with E-state index in [9.17, 15) is 19.2 Å². The Morgan fingerprint density at radius 1 is 0.829 bits per heavy atom. The Bertz CT molecular complexity index is 1260. The fourth-order valence-electron chi connectivity index (χ4n) is 3.90. The molecule has 0 N–H and O–H groups in total. The summed E-state index contributed by atoms with van der Waals surface area (Å²) in [4.78, 5) is 51.9. The summed E-state index contributed by atoms with van der Waals surface area (Å²) in [5.74, 6) is -1.52. The molecule has 0 aliphatic carbocycles. The molecule has 7 heteroatoms. The smallest absolute Gasteiger partial charge is 0.342 e. The third-order valence-electron chi connectivity index (χ3n) is 5.80. The first kappa shape index (κ1) is 23.9. The van der Waals surface area contributed by atoms with Gasteiger partial charge in [0.15, 0.2) is 12.4 Å². The molecule has 0 spiro atoms. The number of imide groups is 1. The van der Waals surface area contributed by atoms with Crippen LogP contribution in [0.4, 0.5) is 0 Å². The Morgan fingerprint density at radius 2 is 1.46 bits per heavy atom. The first-order valence-electron chi connectivity index (χ1n) is 11.4. The highest BCUT2D eigenvalue weighted by atomic mass is 16.5. The molecule has 1 aliphatic rings. The number of amides is 2. The maximum atomic E-state index is 12.9. The summed E-state index contributed by atoms with van der Waals surface area (Å²) in [5.41, 5.74) is 2.95. The number of rotatable bonds is 9. The zero-order valence-corrected chi connectivity index (χ0v) is 19.6. The van der Waals surface area contributed by atoms with Gasteiger partial charge in [0.05, 0.1) is 24.3 Å². The zero-order chi connectivity index (χ0) is 24.9. The minimum absolute atomic E-state index is 0.0122. The van der Waals surface area contributed by atoms with Gasteiger partial charge in [-0.2, -0.15) is 0 Å². The fraction of sp³-hybridized carbons (Fsp3) is 0.214. The monoisotopic (exact) mass is 471 g/mol. The van der Waals surface area contributed by atoms with Crippen molar-refractivity contribution >= 4 is 23.6 Å². The van der Waals surface area contributed by atoms with E-state index in [0.29, 0.717) is 34.6 Å². The minimum atomic E-state index is -0.726. The van der Waals surface area contributed by atoms with Gasteiger partial charge >= 0.3 is 5.97 Å². The second kappa shape index (κ2) is 10.3. The number of ether oxygens (including phenoxy) is 2. The molecule has 3 aromatic rings. The standard InChI is InChI=1S/C28H25NO6/c1-3-18-9-12-20(13-10-18)24(30)17-35-28(33)23-15-19(11-14-25(23)34-4-2)16-29-26(31)21-7-5-6-8-22(21)27(29)32/h5-15H,3-4,16-17H2,1-2H3. The Labute approximate surface area is 203 Å². The van der Waals surface area contributed by atoms with Gasteiger partial charge in [-0.3, -0.25) is 19.3 Å². The first-order valence-corrected chi connectivity index (χ1v) is 11.4. The summed E-state index contributed by atoms with van der Waals surface area (Å²) in [6.45, 7) is 3.70. The van der Waals surface area contributed by atoms with Gasteiger partial charge in [0, 0.05) is 5.56 Å². The molecule has 4 rings (SSSR count). The molecular weight excluding hydrogens is 446 g/mol. The maximum absolute atomic E-state index is 12.9. The molecule has 0 atom stereocenters. The van der Waals surface area contributed by atoms with Crippen molar-refractivity contribution < 1.29 is 28.7 Å². The van der Waals surface area contributed by atoms with Crippen molar-refractivity contribution in [1.82, 2.24) is 4.90 Å². The highest BCUT2D eigenvalue weighted by Crippen LogP contribution is 2.27. The molecule has 0 saturated heterocycles. The molecule has 1 heterocycles. The molecule has 35 heavy (non-hydrogen) atoms. The Balaban J connectivity index is 1.50. The quantitative estimate of drug-likeness (QED) is 0.260. The second-order valence-corrected chi connectivity index (χ2v) is 8.06. The van der Waals surface area contributed by atoms with Gasteiger partial charge < -0.3 is 9.47 Å². The number of nitrogens with zero attached hydrogens (tertiary/aromatic N) is 1. The highest BCUT2D eigenvalue weighted by molar-refractivity contribution is 6.21. The molecule has 0 fully saturated rings. The van der Waals surface area contributed by atoms with E-state index in [2.05, 4.69) is 0 Å². The average molecular weight is 472 g/mol. The summed E-state index contributed by atoms with van der Waals surface area (Å²) in [6.07, 6.45) is 0.862. The SMILES string of the molecule is CCOc1ccc(CN2C(=O)c3ccccc3C2=O)cc1C(=O)OCC(=O)c1ccc(CC)cc1. The normalized spacial score (nSPS) is 12.5. The third-order valence-corrected chi connectivity index (χ3v) is 5.80. The number of esters is 1. The number of Topliss-reactive ketones (excluding diaryl/α,β-unsaturated/α-hetero) is 1. The summed E-state index contributed by atoms with van der Waals surface area (Å²) >= 11 is 0. The van der Waals surface area contributed by atoms with Crippen LogP contribution in [0.1, 0.15) is 66.4 Å². The fourth-order valence-corrected chi connectivity index (χ4v) is 3.90. The molecule has 0 saturated carbocycles. The van der Waals surface area contributed by atoms with Gasteiger partial charge in [-0.15, -0.1) is 0 Å². The van der Waals surface area contributed by atoms with Crippen LogP contribution in [0, 0.1) is 0 Å². The molecule has 7 nitrogen and oxygen atoms in total. The van der Waals surface area contributed by atoms with Crippen LogP contribution in [-0.4, -0.2) is 41.7 Å². The summed E-state index contributed by atoms with van der Waals surface area (Å²) in [6, 6.07) is 18.6. The summed E-state index contributed by atoms with van der Waals surface area (Å²) in [7, 11) is 0. The minimum Gasteiger partial charge on any atom is -0.493 e. The van der Waals surface area contributed by atoms with Crippen molar-refractivity contribution in [3.05, 3.63) is 100 Å². The molecule has 2 amide bonds. The predicted molar refractivity (Wildman–Crippen MR) is 129 cm³/mol. The number of carbonyl (C=O) groups excluding carboxylic acids is 4. The van der Waals surface area contributed by atoms with Crippen LogP contribution in [0.25, 0.3) is 0 Å². The summed E-state index contributed by atoms with van der Waals surface area (Å²) in [5, 5.41) is 0. The molecule has 0 radical (unpaired) electrons. The number of hydrogen-bond acceptors (Lipinski definition) is 6. The molecule has 1 aliphatic heterocycles. The van der Waals surface area contributed by atoms with Crippen molar-refractivity contribution in [3.8, 4) is 5.75 Å². The predicted octanol–water partition coefficient (Wildman–Crippen LogP) is 4.48. The van der Waals surface area contributed by atoms with Gasteiger partial charge in [0.1, 0.15) is 11.3 Å². The van der Waals surface area contributed by atoms with Crippen molar-refractivity contribution in [2.75, 3.05) is 13.2 Å². The van der Waals surface area contributed by atoms with Gasteiger partial charge in [-0.05, 0) is 48.7 Å². The number of fused-ring (bicyclic) bond motifs is 1. The van der Waals surface area contributed by atoms with Crippen molar-refractivity contribution in [2.24, 2.45) is 0 Å². The van der Waals surface area contributed by atoms with Crippen LogP contribution in [0.3, 0.4) is 0 Å². The molecular formula is C28H25NO6. The van der Waals surface area contributed by atoms with Crippen molar-refractivity contribution in [1.29, 1.82) is 0 Å². The highest BCUT2D eigenvalue weighted by Gasteiger charge is 2.35. The van der Waals surface area contributed by atoms with E-state index in [1.807, 2.05) is 19.1 Å². The van der Waals surface area contributed by atoms with Gasteiger partial charge in [0.25, 0.3) is 11.8 Å². The number of ketones is 1. The number of benzene rings is 3. The van der Waals surface area contributed by atoms with Crippen molar-refractivity contribution in [2.45, 2.75) is 26.8 Å². The van der Waals surface area contributed by atoms with Crippen LogP contribution in [0.2, 0.25) is 0 Å². The van der Waals surface area contributed by atoms with E-state index in [1.165, 1.54) is 6.07 Å². The van der Waals surface area contributed by atoms with E-state index in [1.54, 1.807) is 55.5 Å². The lowest BCUT2D eigenvalue weighted by atomic mass is 10.1. The second-order valence-electron chi connectivity index (χ2n) is 8.06. The Morgan fingerprint density at radius 3 is 2.06 bits per heavy atom. The Kier molecular flexibility index (Phi) is 7.06. The van der Waals surface area contributed by atoms with Crippen LogP contribution < -0.4 is 4.74 Å². The number of aryl methyl sites for hydroxylation is 1. The lowest BCUT2D eigenvalue weighted by Crippen LogP contribution is -2.29. The summed E-state index contributed by atoms with van der Waals surface area (Å²) < 4.78 is 10.8. The molecule has 0 bridgehead atoms. The molecule has 0 aromatic heterocycles. The molecule has 178 valence electrons.